The van der Waals surface area contributed by atoms with Crippen molar-refractivity contribution in [2.45, 2.75) is 26.4 Å². The van der Waals surface area contributed by atoms with Crippen molar-refractivity contribution in [3.05, 3.63) is 83.4 Å². The molecule has 1 heterocycles. The van der Waals surface area contributed by atoms with E-state index in [0.717, 1.165) is 17.4 Å². The fourth-order valence-electron chi connectivity index (χ4n) is 3.94. The smallest absolute Gasteiger partial charge is 0.251 e. The molecule has 4 rings (SSSR count). The number of anilines is 1. The number of amides is 1. The second-order valence-corrected chi connectivity index (χ2v) is 10.4. The Hall–Kier alpha value is -3.72. The lowest BCUT2D eigenvalue weighted by molar-refractivity contribution is 0.0939. The second kappa shape index (κ2) is 10.9. The largest absolute Gasteiger partial charge is 0.492 e. The number of carbonyl (C=O) groups excluding carboxylic acids is 1. The highest BCUT2D eigenvalue weighted by atomic mass is 32.2. The first-order valence-corrected chi connectivity index (χ1v) is 13.6. The lowest BCUT2D eigenvalue weighted by atomic mass is 10.1. The quantitative estimate of drug-likeness (QED) is 0.461. The van der Waals surface area contributed by atoms with Crippen LogP contribution >= 0.6 is 0 Å². The molecule has 0 spiro atoms. The van der Waals surface area contributed by atoms with Crippen LogP contribution in [0.3, 0.4) is 0 Å². The molecule has 1 unspecified atom stereocenters. The Morgan fingerprint density at radius 3 is 2.42 bits per heavy atom. The molecule has 1 atom stereocenters. The molecule has 0 bridgehead atoms. The van der Waals surface area contributed by atoms with E-state index in [0.29, 0.717) is 48.3 Å². The van der Waals surface area contributed by atoms with E-state index in [1.807, 2.05) is 32.0 Å². The van der Waals surface area contributed by atoms with Crippen molar-refractivity contribution in [3.8, 4) is 17.2 Å². The van der Waals surface area contributed by atoms with Crippen LogP contribution in [0.1, 0.15) is 41.4 Å². The Kier molecular flexibility index (Phi) is 7.69. The molecule has 9 heteroatoms. The lowest BCUT2D eigenvalue weighted by Gasteiger charge is -2.25. The van der Waals surface area contributed by atoms with Crippen molar-refractivity contribution in [1.29, 1.82) is 0 Å². The molecular weight excluding hydrogens is 480 g/mol. The summed E-state index contributed by atoms with van der Waals surface area (Å²) in [6, 6.07) is 19.3. The fraction of sp³-hybridized carbons (Fsp3) is 0.296. The molecule has 1 amide bonds. The van der Waals surface area contributed by atoms with Gasteiger partial charge in [-0.15, -0.1) is 0 Å². The molecule has 0 aliphatic carbocycles. The first kappa shape index (κ1) is 25.4. The number of carbonyl (C=O) groups is 1. The predicted molar refractivity (Wildman–Crippen MR) is 138 cm³/mol. The van der Waals surface area contributed by atoms with E-state index in [1.165, 1.54) is 4.31 Å². The van der Waals surface area contributed by atoms with Crippen LogP contribution in [0.2, 0.25) is 0 Å². The lowest BCUT2D eigenvalue weighted by Crippen LogP contribution is -2.30. The highest BCUT2D eigenvalue weighted by molar-refractivity contribution is 7.92. The number of para-hydroxylation sites is 2. The van der Waals surface area contributed by atoms with Crippen LogP contribution in [0.15, 0.2) is 66.7 Å². The summed E-state index contributed by atoms with van der Waals surface area (Å²) >= 11 is 0. The van der Waals surface area contributed by atoms with Gasteiger partial charge >= 0.3 is 0 Å². The molecule has 0 aromatic heterocycles. The number of nitrogens with one attached hydrogen (secondary N) is 1. The average Bonchev–Trinajstić information content (AvgIpc) is 2.87. The van der Waals surface area contributed by atoms with Crippen molar-refractivity contribution in [2.75, 3.05) is 30.4 Å². The standard InChI is InChI=1S/C27H30N2O6S/c1-4-33-24-8-6-5-7-23(24)29(36(3,31)32)18-20-9-11-21(12-10-20)27(30)28-19(2)22-13-14-25-26(17-22)35-16-15-34-25/h5-14,17,19H,4,15-16,18H2,1-3H3,(H,28,30). The number of hydrogen-bond acceptors (Lipinski definition) is 6. The molecule has 1 aliphatic rings. The number of sulfonamides is 1. The zero-order chi connectivity index (χ0) is 25.7. The average molecular weight is 511 g/mol. The molecular formula is C27H30N2O6S. The Morgan fingerprint density at radius 2 is 1.72 bits per heavy atom. The minimum Gasteiger partial charge on any atom is -0.492 e. The maximum absolute atomic E-state index is 12.9. The van der Waals surface area contributed by atoms with Crippen molar-refractivity contribution in [1.82, 2.24) is 5.32 Å². The summed E-state index contributed by atoms with van der Waals surface area (Å²) in [5.41, 5.74) is 2.59. The fourth-order valence-corrected chi connectivity index (χ4v) is 4.83. The maximum atomic E-state index is 12.9. The van der Waals surface area contributed by atoms with Gasteiger partial charge in [0, 0.05) is 5.56 Å². The van der Waals surface area contributed by atoms with E-state index in [9.17, 15) is 13.2 Å². The van der Waals surface area contributed by atoms with Gasteiger partial charge < -0.3 is 19.5 Å². The topological polar surface area (TPSA) is 94.2 Å². The normalized spacial score (nSPS) is 13.5. The highest BCUT2D eigenvalue weighted by Crippen LogP contribution is 2.33. The third-order valence-electron chi connectivity index (χ3n) is 5.79. The first-order chi connectivity index (χ1) is 17.3. The molecule has 36 heavy (non-hydrogen) atoms. The number of ether oxygens (including phenoxy) is 3. The Morgan fingerprint density at radius 1 is 1.03 bits per heavy atom. The maximum Gasteiger partial charge on any atom is 0.251 e. The number of fused-ring (bicyclic) bond motifs is 1. The van der Waals surface area contributed by atoms with Crippen molar-refractivity contribution in [2.24, 2.45) is 0 Å². The van der Waals surface area contributed by atoms with Crippen molar-refractivity contribution in [3.63, 3.8) is 0 Å². The van der Waals surface area contributed by atoms with E-state index >= 15 is 0 Å². The number of nitrogens with zero attached hydrogens (tertiary/aromatic N) is 1. The third-order valence-corrected chi connectivity index (χ3v) is 6.92. The zero-order valence-corrected chi connectivity index (χ0v) is 21.4. The molecule has 8 nitrogen and oxygen atoms in total. The summed E-state index contributed by atoms with van der Waals surface area (Å²) < 4.78 is 43.3. The third kappa shape index (κ3) is 5.91. The van der Waals surface area contributed by atoms with Crippen LogP contribution in [0, 0.1) is 0 Å². The molecule has 0 radical (unpaired) electrons. The molecule has 3 aromatic carbocycles. The van der Waals surface area contributed by atoms with Crippen LogP contribution in [0.5, 0.6) is 17.2 Å². The molecule has 3 aromatic rings. The predicted octanol–water partition coefficient (Wildman–Crippen LogP) is 4.31. The van der Waals surface area contributed by atoms with E-state index in [2.05, 4.69) is 5.32 Å². The summed E-state index contributed by atoms with van der Waals surface area (Å²) in [6.07, 6.45) is 1.16. The van der Waals surface area contributed by atoms with E-state index in [-0.39, 0.29) is 18.5 Å². The second-order valence-electron chi connectivity index (χ2n) is 8.47. The van der Waals surface area contributed by atoms with Crippen molar-refractivity contribution >= 4 is 21.6 Å². The molecule has 0 fully saturated rings. The summed E-state index contributed by atoms with van der Waals surface area (Å²) in [4.78, 5) is 12.9. The molecule has 1 N–H and O–H groups in total. The highest BCUT2D eigenvalue weighted by Gasteiger charge is 2.22. The SMILES string of the molecule is CCOc1ccccc1N(Cc1ccc(C(=O)NC(C)c2ccc3c(c2)OCCO3)cc1)S(C)(=O)=O. The van der Waals surface area contributed by atoms with Gasteiger partial charge in [-0.25, -0.2) is 8.42 Å². The summed E-state index contributed by atoms with van der Waals surface area (Å²) in [5.74, 6) is 1.64. The van der Waals surface area contributed by atoms with Gasteiger partial charge in [0.25, 0.3) is 5.91 Å². The van der Waals surface area contributed by atoms with Crippen LogP contribution in [-0.4, -0.2) is 40.4 Å². The van der Waals surface area contributed by atoms with Crippen LogP contribution in [-0.2, 0) is 16.6 Å². The first-order valence-electron chi connectivity index (χ1n) is 11.7. The van der Waals surface area contributed by atoms with Crippen LogP contribution in [0.4, 0.5) is 5.69 Å². The molecule has 190 valence electrons. The minimum absolute atomic E-state index is 0.110. The van der Waals surface area contributed by atoms with Gasteiger partial charge in [-0.2, -0.15) is 0 Å². The monoisotopic (exact) mass is 510 g/mol. The zero-order valence-electron chi connectivity index (χ0n) is 20.6. The van der Waals surface area contributed by atoms with E-state index in [4.69, 9.17) is 14.2 Å². The molecule has 1 aliphatic heterocycles. The van der Waals surface area contributed by atoms with E-state index < -0.39 is 10.0 Å². The van der Waals surface area contributed by atoms with Gasteiger partial charge in [-0.05, 0) is 61.4 Å². The van der Waals surface area contributed by atoms with Gasteiger partial charge in [-0.3, -0.25) is 9.10 Å². The van der Waals surface area contributed by atoms with Crippen LogP contribution < -0.4 is 23.8 Å². The Bertz CT molecular complexity index is 1320. The minimum atomic E-state index is -3.58. The van der Waals surface area contributed by atoms with Gasteiger partial charge in [0.15, 0.2) is 11.5 Å². The number of rotatable bonds is 9. The summed E-state index contributed by atoms with van der Waals surface area (Å²) in [5, 5.41) is 2.99. The Labute approximate surface area is 211 Å². The van der Waals surface area contributed by atoms with Crippen molar-refractivity contribution < 1.29 is 27.4 Å². The van der Waals surface area contributed by atoms with Gasteiger partial charge in [-0.1, -0.05) is 30.3 Å². The van der Waals surface area contributed by atoms with Gasteiger partial charge in [0.2, 0.25) is 10.0 Å². The summed E-state index contributed by atoms with van der Waals surface area (Å²) in [7, 11) is -3.58. The molecule has 0 saturated carbocycles. The number of hydrogen-bond donors (Lipinski definition) is 1. The Balaban J connectivity index is 1.46. The van der Waals surface area contributed by atoms with Crippen LogP contribution in [0.25, 0.3) is 0 Å². The van der Waals surface area contributed by atoms with E-state index in [1.54, 1.807) is 48.5 Å². The number of benzene rings is 3. The molecule has 0 saturated heterocycles. The van der Waals surface area contributed by atoms with Gasteiger partial charge in [0.05, 0.1) is 31.1 Å². The van der Waals surface area contributed by atoms with Gasteiger partial charge in [0.1, 0.15) is 19.0 Å². The summed E-state index contributed by atoms with van der Waals surface area (Å²) in [6.45, 7) is 5.30.